The molecule has 3 amide bonds. The number of anilines is 1. The van der Waals surface area contributed by atoms with Crippen LogP contribution in [0, 0.1) is 10.1 Å². The molecule has 2 aromatic carbocycles. The van der Waals surface area contributed by atoms with Crippen LogP contribution in [0.2, 0.25) is 15.1 Å². The quantitative estimate of drug-likeness (QED) is 0.452. The maximum absolute atomic E-state index is 12.4. The molecule has 1 aliphatic rings. The molecule has 1 N–H and O–H groups in total. The highest BCUT2D eigenvalue weighted by atomic mass is 35.5. The zero-order valence-corrected chi connectivity index (χ0v) is 15.4. The fraction of sp³-hybridized carbons (Fsp3) is 0.0625. The fourth-order valence-corrected chi connectivity index (χ4v) is 3.02. The molecule has 3 rings (SSSR count). The molecule has 2 aromatic rings. The molecule has 138 valence electrons. The van der Waals surface area contributed by atoms with Crippen LogP contribution in [0.3, 0.4) is 0 Å². The maximum Gasteiger partial charge on any atom is 0.294 e. The van der Waals surface area contributed by atoms with E-state index in [1.54, 1.807) is 0 Å². The first-order chi connectivity index (χ1) is 12.7. The van der Waals surface area contributed by atoms with Crippen LogP contribution in [0.25, 0.3) is 0 Å². The Bertz CT molecular complexity index is 984. The fourth-order valence-electron chi connectivity index (χ4n) is 2.52. The number of carbonyl (C=O) groups is 3. The summed E-state index contributed by atoms with van der Waals surface area (Å²) in [5.41, 5.74) is -0.479. The zero-order chi connectivity index (χ0) is 19.9. The molecular formula is C16H8Cl3N3O5. The molecule has 0 saturated heterocycles. The molecule has 0 bridgehead atoms. The summed E-state index contributed by atoms with van der Waals surface area (Å²) in [6, 6.07) is 6.18. The van der Waals surface area contributed by atoms with Crippen molar-refractivity contribution in [3.8, 4) is 0 Å². The van der Waals surface area contributed by atoms with Gasteiger partial charge in [0.2, 0.25) is 5.91 Å². The second kappa shape index (κ2) is 7.15. The van der Waals surface area contributed by atoms with Crippen molar-refractivity contribution in [1.29, 1.82) is 0 Å². The Labute approximate surface area is 166 Å². The molecule has 27 heavy (non-hydrogen) atoms. The van der Waals surface area contributed by atoms with E-state index in [0.29, 0.717) is 4.90 Å². The van der Waals surface area contributed by atoms with Crippen LogP contribution in [0.1, 0.15) is 20.7 Å². The summed E-state index contributed by atoms with van der Waals surface area (Å²) < 4.78 is 0. The van der Waals surface area contributed by atoms with Gasteiger partial charge in [-0.1, -0.05) is 34.8 Å². The molecule has 0 spiro atoms. The highest BCUT2D eigenvalue weighted by Gasteiger charge is 2.37. The average Bonchev–Trinajstić information content (AvgIpc) is 2.81. The Morgan fingerprint density at radius 2 is 1.59 bits per heavy atom. The van der Waals surface area contributed by atoms with Gasteiger partial charge in [-0.05, 0) is 24.3 Å². The van der Waals surface area contributed by atoms with Crippen LogP contribution in [0.5, 0.6) is 0 Å². The molecule has 0 aromatic heterocycles. The number of carbonyl (C=O) groups excluding carboxylic acids is 3. The minimum Gasteiger partial charge on any atom is -0.319 e. The molecule has 0 unspecified atom stereocenters. The summed E-state index contributed by atoms with van der Waals surface area (Å²) >= 11 is 17.4. The van der Waals surface area contributed by atoms with Gasteiger partial charge in [0.05, 0.1) is 26.1 Å². The van der Waals surface area contributed by atoms with Gasteiger partial charge in [0.25, 0.3) is 17.5 Å². The number of imide groups is 1. The van der Waals surface area contributed by atoms with Crippen molar-refractivity contribution in [1.82, 2.24) is 4.90 Å². The lowest BCUT2D eigenvalue weighted by atomic mass is 10.1. The van der Waals surface area contributed by atoms with E-state index >= 15 is 0 Å². The van der Waals surface area contributed by atoms with Crippen LogP contribution < -0.4 is 5.32 Å². The molecule has 0 radical (unpaired) electrons. The van der Waals surface area contributed by atoms with E-state index in [2.05, 4.69) is 5.32 Å². The standard InChI is InChI=1S/C16H8Cl3N3O5/c17-7-1-2-12(13(3-7)22(26)27)20-14(23)6-21-15(24)8-4-10(18)11(19)5-9(8)16(21)25/h1-5H,6H2,(H,20,23). The predicted molar refractivity (Wildman–Crippen MR) is 98.6 cm³/mol. The molecule has 11 heteroatoms. The number of hydrogen-bond acceptors (Lipinski definition) is 5. The normalized spacial score (nSPS) is 12.9. The zero-order valence-electron chi connectivity index (χ0n) is 13.2. The van der Waals surface area contributed by atoms with E-state index in [0.717, 1.165) is 6.07 Å². The van der Waals surface area contributed by atoms with E-state index in [1.807, 2.05) is 0 Å². The van der Waals surface area contributed by atoms with Crippen LogP contribution in [-0.2, 0) is 4.79 Å². The number of rotatable bonds is 4. The molecule has 0 fully saturated rings. The third-order valence-electron chi connectivity index (χ3n) is 3.74. The van der Waals surface area contributed by atoms with Crippen LogP contribution in [-0.4, -0.2) is 34.1 Å². The molecule has 0 atom stereocenters. The number of nitrogens with zero attached hydrogens (tertiary/aromatic N) is 2. The van der Waals surface area contributed by atoms with Gasteiger partial charge in [-0.2, -0.15) is 0 Å². The van der Waals surface area contributed by atoms with Crippen molar-refractivity contribution in [2.75, 3.05) is 11.9 Å². The number of nitro groups is 1. The average molecular weight is 429 g/mol. The lowest BCUT2D eigenvalue weighted by molar-refractivity contribution is -0.383. The summed E-state index contributed by atoms with van der Waals surface area (Å²) in [6.45, 7) is -0.638. The van der Waals surface area contributed by atoms with Gasteiger partial charge in [-0.25, -0.2) is 0 Å². The summed E-state index contributed by atoms with van der Waals surface area (Å²) in [7, 11) is 0. The Kier molecular flexibility index (Phi) is 5.05. The van der Waals surface area contributed by atoms with Crippen molar-refractivity contribution < 1.29 is 19.3 Å². The molecular weight excluding hydrogens is 421 g/mol. The van der Waals surface area contributed by atoms with Crippen LogP contribution in [0.15, 0.2) is 30.3 Å². The van der Waals surface area contributed by atoms with Crippen molar-refractivity contribution >= 4 is 63.9 Å². The molecule has 1 heterocycles. The van der Waals surface area contributed by atoms with E-state index in [-0.39, 0.29) is 31.9 Å². The Morgan fingerprint density at radius 3 is 2.11 bits per heavy atom. The van der Waals surface area contributed by atoms with Crippen molar-refractivity contribution in [3.05, 3.63) is 66.6 Å². The minimum atomic E-state index is -0.799. The van der Waals surface area contributed by atoms with Gasteiger partial charge in [-0.3, -0.25) is 29.4 Å². The van der Waals surface area contributed by atoms with E-state index in [9.17, 15) is 24.5 Å². The van der Waals surface area contributed by atoms with Gasteiger partial charge < -0.3 is 5.32 Å². The summed E-state index contributed by atoms with van der Waals surface area (Å²) in [5.74, 6) is -2.23. The molecule has 8 nitrogen and oxygen atoms in total. The van der Waals surface area contributed by atoms with E-state index in [1.165, 1.54) is 24.3 Å². The highest BCUT2D eigenvalue weighted by Crippen LogP contribution is 2.32. The predicted octanol–water partition coefficient (Wildman–Crippen LogP) is 3.79. The minimum absolute atomic E-state index is 0.0275. The number of nitro benzene ring substituents is 1. The van der Waals surface area contributed by atoms with Crippen LogP contribution >= 0.6 is 34.8 Å². The van der Waals surface area contributed by atoms with Crippen molar-refractivity contribution in [2.24, 2.45) is 0 Å². The smallest absolute Gasteiger partial charge is 0.294 e. The summed E-state index contributed by atoms with van der Waals surface area (Å²) in [4.78, 5) is 48.0. The van der Waals surface area contributed by atoms with Gasteiger partial charge >= 0.3 is 0 Å². The van der Waals surface area contributed by atoms with Gasteiger partial charge in [0, 0.05) is 11.1 Å². The largest absolute Gasteiger partial charge is 0.319 e. The van der Waals surface area contributed by atoms with Crippen LogP contribution in [0.4, 0.5) is 11.4 Å². The Balaban J connectivity index is 1.81. The van der Waals surface area contributed by atoms with Gasteiger partial charge in [0.15, 0.2) is 0 Å². The number of amides is 3. The van der Waals surface area contributed by atoms with Crippen molar-refractivity contribution in [3.63, 3.8) is 0 Å². The van der Waals surface area contributed by atoms with Crippen molar-refractivity contribution in [2.45, 2.75) is 0 Å². The number of hydrogen-bond donors (Lipinski definition) is 1. The highest BCUT2D eigenvalue weighted by molar-refractivity contribution is 6.43. The number of benzene rings is 2. The first kappa shape index (κ1) is 19.1. The number of nitrogens with one attached hydrogen (secondary N) is 1. The number of fused-ring (bicyclic) bond motifs is 1. The second-order valence-corrected chi connectivity index (χ2v) is 6.73. The second-order valence-electron chi connectivity index (χ2n) is 5.48. The lowest BCUT2D eigenvalue weighted by Gasteiger charge is -2.13. The third-order valence-corrected chi connectivity index (χ3v) is 4.70. The van der Waals surface area contributed by atoms with E-state index in [4.69, 9.17) is 34.8 Å². The number of halogens is 3. The first-order valence-corrected chi connectivity index (χ1v) is 8.41. The SMILES string of the molecule is O=C(CN1C(=O)c2cc(Cl)c(Cl)cc2C1=O)Nc1ccc(Cl)cc1[N+](=O)[O-]. The Hall–Kier alpha value is -2.68. The first-order valence-electron chi connectivity index (χ1n) is 7.28. The maximum atomic E-state index is 12.4. The third kappa shape index (κ3) is 3.59. The topological polar surface area (TPSA) is 110 Å². The molecule has 0 saturated carbocycles. The van der Waals surface area contributed by atoms with Gasteiger partial charge in [-0.15, -0.1) is 0 Å². The van der Waals surface area contributed by atoms with Gasteiger partial charge in [0.1, 0.15) is 12.2 Å². The Morgan fingerprint density at radius 1 is 1.04 bits per heavy atom. The monoisotopic (exact) mass is 427 g/mol. The molecule has 0 aliphatic carbocycles. The lowest BCUT2D eigenvalue weighted by Crippen LogP contribution is -2.37. The summed E-state index contributed by atoms with van der Waals surface area (Å²) in [6.07, 6.45) is 0. The van der Waals surface area contributed by atoms with E-state index < -0.39 is 34.9 Å². The summed E-state index contributed by atoms with van der Waals surface area (Å²) in [5, 5.41) is 13.7. The molecule has 1 aliphatic heterocycles.